The van der Waals surface area contributed by atoms with Crippen molar-refractivity contribution in [2.75, 3.05) is 20.8 Å². The number of thiophene rings is 1. The lowest BCUT2D eigenvalue weighted by Crippen LogP contribution is -2.39. The Bertz CT molecular complexity index is 1650. The van der Waals surface area contributed by atoms with Crippen molar-refractivity contribution in [3.8, 4) is 11.5 Å². The van der Waals surface area contributed by atoms with Gasteiger partial charge in [-0.25, -0.2) is 9.79 Å². The Kier molecular flexibility index (Phi) is 7.07. The van der Waals surface area contributed by atoms with E-state index in [9.17, 15) is 9.59 Å². The summed E-state index contributed by atoms with van der Waals surface area (Å²) >= 11 is 2.74. The minimum Gasteiger partial charge on any atom is -0.493 e. The summed E-state index contributed by atoms with van der Waals surface area (Å²) in [7, 11) is 3.13. The lowest BCUT2D eigenvalue weighted by molar-refractivity contribution is -0.138. The molecule has 0 radical (unpaired) electrons. The third-order valence-corrected chi connectivity index (χ3v) is 7.81. The first kappa shape index (κ1) is 24.7. The van der Waals surface area contributed by atoms with Crippen molar-refractivity contribution < 1.29 is 19.0 Å². The molecule has 0 bridgehead atoms. The van der Waals surface area contributed by atoms with Crippen molar-refractivity contribution in [3.05, 3.63) is 107 Å². The van der Waals surface area contributed by atoms with E-state index in [0.29, 0.717) is 37.7 Å². The van der Waals surface area contributed by atoms with Crippen LogP contribution in [0.3, 0.4) is 0 Å². The fourth-order valence-electron chi connectivity index (χ4n) is 4.32. The third kappa shape index (κ3) is 4.52. The van der Waals surface area contributed by atoms with E-state index in [1.807, 2.05) is 60.0 Å². The van der Waals surface area contributed by atoms with E-state index in [1.54, 1.807) is 37.9 Å². The highest BCUT2D eigenvalue weighted by Crippen LogP contribution is 2.37. The molecule has 4 aromatic rings. The number of esters is 1. The van der Waals surface area contributed by atoms with Crippen LogP contribution in [0.25, 0.3) is 11.8 Å². The Morgan fingerprint density at radius 1 is 1.05 bits per heavy atom. The number of hydrogen-bond acceptors (Lipinski definition) is 8. The Morgan fingerprint density at radius 2 is 1.86 bits per heavy atom. The van der Waals surface area contributed by atoms with Gasteiger partial charge in [0.15, 0.2) is 16.3 Å². The molecule has 5 rings (SSSR count). The van der Waals surface area contributed by atoms with Gasteiger partial charge in [0.25, 0.3) is 5.56 Å². The van der Waals surface area contributed by atoms with E-state index in [2.05, 4.69) is 0 Å². The molecule has 7 nitrogen and oxygen atoms in total. The summed E-state index contributed by atoms with van der Waals surface area (Å²) in [6.45, 7) is 1.97. The quantitative estimate of drug-likeness (QED) is 0.336. The molecule has 1 aliphatic rings. The first-order valence-corrected chi connectivity index (χ1v) is 13.3. The number of carbonyl (C=O) groups is 1. The van der Waals surface area contributed by atoms with Crippen LogP contribution in [0.2, 0.25) is 0 Å². The molecule has 37 heavy (non-hydrogen) atoms. The summed E-state index contributed by atoms with van der Waals surface area (Å²) in [6.07, 6.45) is 1.77. The van der Waals surface area contributed by atoms with Crippen molar-refractivity contribution in [1.82, 2.24) is 4.57 Å². The molecule has 1 aliphatic heterocycles. The maximum Gasteiger partial charge on any atom is 0.338 e. The lowest BCUT2D eigenvalue weighted by Gasteiger charge is -2.24. The van der Waals surface area contributed by atoms with Crippen molar-refractivity contribution >= 4 is 40.4 Å². The summed E-state index contributed by atoms with van der Waals surface area (Å²) in [5.74, 6) is 0.603. The number of aromatic nitrogens is 1. The van der Waals surface area contributed by atoms with Crippen LogP contribution in [0.4, 0.5) is 0 Å². The van der Waals surface area contributed by atoms with E-state index >= 15 is 0 Å². The normalized spacial score (nSPS) is 15.2. The molecule has 0 N–H and O–H groups in total. The number of para-hydroxylation sites is 1. The highest BCUT2D eigenvalue weighted by atomic mass is 32.1. The molecule has 0 saturated heterocycles. The average Bonchev–Trinajstić information content (AvgIpc) is 3.56. The van der Waals surface area contributed by atoms with Gasteiger partial charge in [-0.2, -0.15) is 0 Å². The van der Waals surface area contributed by atoms with Crippen LogP contribution >= 0.6 is 22.7 Å². The van der Waals surface area contributed by atoms with Crippen LogP contribution in [0, 0.1) is 0 Å². The number of hydrogen-bond donors (Lipinski definition) is 0. The number of thiazole rings is 1. The van der Waals surface area contributed by atoms with Gasteiger partial charge in [-0.15, -0.1) is 11.3 Å². The Labute approximate surface area is 221 Å². The molecule has 3 heterocycles. The molecule has 2 aromatic heterocycles. The zero-order valence-electron chi connectivity index (χ0n) is 20.5. The predicted molar refractivity (Wildman–Crippen MR) is 145 cm³/mol. The molecule has 188 valence electrons. The van der Waals surface area contributed by atoms with Gasteiger partial charge in [-0.3, -0.25) is 9.36 Å². The van der Waals surface area contributed by atoms with E-state index in [1.165, 1.54) is 22.7 Å². The number of rotatable bonds is 7. The molecular formula is C28H24N2O5S2. The van der Waals surface area contributed by atoms with E-state index < -0.39 is 12.0 Å². The average molecular weight is 533 g/mol. The van der Waals surface area contributed by atoms with Crippen LogP contribution in [-0.4, -0.2) is 31.4 Å². The summed E-state index contributed by atoms with van der Waals surface area (Å²) in [4.78, 5) is 33.5. The van der Waals surface area contributed by atoms with Gasteiger partial charge in [-0.1, -0.05) is 59.9 Å². The van der Waals surface area contributed by atoms with Crippen LogP contribution in [0.1, 0.15) is 29.0 Å². The van der Waals surface area contributed by atoms with Gasteiger partial charge in [0, 0.05) is 16.0 Å². The SMILES string of the molecule is CCOC(=O)C1=C(c2ccccc2)N=c2s/c(=C\c3cccc(OC)c3OC)c(=O)n2[C@H]1c1cccs1. The molecule has 0 amide bonds. The Hall–Kier alpha value is -3.95. The first-order valence-electron chi connectivity index (χ1n) is 11.6. The molecule has 1 atom stereocenters. The van der Waals surface area contributed by atoms with Crippen LogP contribution < -0.4 is 24.4 Å². The topological polar surface area (TPSA) is 79.1 Å². The van der Waals surface area contributed by atoms with Gasteiger partial charge in [0.05, 0.1) is 36.6 Å². The van der Waals surface area contributed by atoms with E-state index in [0.717, 1.165) is 10.4 Å². The second-order valence-electron chi connectivity index (χ2n) is 8.03. The predicted octanol–water partition coefficient (Wildman–Crippen LogP) is 4.01. The van der Waals surface area contributed by atoms with Crippen molar-refractivity contribution in [2.24, 2.45) is 4.99 Å². The summed E-state index contributed by atoms with van der Waals surface area (Å²) < 4.78 is 18.5. The highest BCUT2D eigenvalue weighted by molar-refractivity contribution is 7.10. The Morgan fingerprint density at radius 3 is 2.54 bits per heavy atom. The number of carbonyl (C=O) groups excluding carboxylic acids is 1. The van der Waals surface area contributed by atoms with E-state index in [4.69, 9.17) is 19.2 Å². The second-order valence-corrected chi connectivity index (χ2v) is 10.0. The molecule has 0 aliphatic carbocycles. The van der Waals surface area contributed by atoms with Crippen LogP contribution in [0.15, 0.2) is 81.4 Å². The van der Waals surface area contributed by atoms with Crippen molar-refractivity contribution in [1.29, 1.82) is 0 Å². The second kappa shape index (κ2) is 10.6. The van der Waals surface area contributed by atoms with Gasteiger partial charge in [0.1, 0.15) is 6.04 Å². The minimum atomic E-state index is -0.667. The number of methoxy groups -OCH3 is 2. The smallest absolute Gasteiger partial charge is 0.338 e. The first-order chi connectivity index (χ1) is 18.1. The monoisotopic (exact) mass is 532 g/mol. The third-order valence-electron chi connectivity index (χ3n) is 5.91. The summed E-state index contributed by atoms with van der Waals surface area (Å²) in [5, 5.41) is 1.93. The maximum absolute atomic E-state index is 13.9. The summed E-state index contributed by atoms with van der Waals surface area (Å²) in [5.41, 5.74) is 2.07. The fraction of sp³-hybridized carbons (Fsp3) is 0.179. The standard InChI is InChI=1S/C28H24N2O5S2/c1-4-35-27(32)22-23(17-10-6-5-7-11-17)29-28-30(24(22)20-14-9-15-36-20)26(31)21(37-28)16-18-12-8-13-19(33-2)25(18)34-3/h5-16,24H,4H2,1-3H3/b21-16-/t24-/m0/s1. The molecular weight excluding hydrogens is 508 g/mol. The van der Waals surface area contributed by atoms with Gasteiger partial charge in [0.2, 0.25) is 0 Å². The van der Waals surface area contributed by atoms with Gasteiger partial charge in [-0.05, 0) is 30.5 Å². The van der Waals surface area contributed by atoms with Crippen LogP contribution in [-0.2, 0) is 9.53 Å². The Balaban J connectivity index is 1.81. The van der Waals surface area contributed by atoms with E-state index in [-0.39, 0.29) is 12.2 Å². The lowest BCUT2D eigenvalue weighted by atomic mass is 9.97. The number of nitrogens with zero attached hydrogens (tertiary/aromatic N) is 2. The summed E-state index contributed by atoms with van der Waals surface area (Å²) in [6, 6.07) is 18.2. The van der Waals surface area contributed by atoms with Gasteiger partial charge < -0.3 is 14.2 Å². The fourth-order valence-corrected chi connectivity index (χ4v) is 6.14. The van der Waals surface area contributed by atoms with Crippen LogP contribution in [0.5, 0.6) is 11.5 Å². The molecule has 0 saturated carbocycles. The van der Waals surface area contributed by atoms with Gasteiger partial charge >= 0.3 is 5.97 Å². The number of benzene rings is 2. The largest absolute Gasteiger partial charge is 0.493 e. The molecule has 2 aromatic carbocycles. The zero-order chi connectivity index (χ0) is 25.9. The number of fused-ring (bicyclic) bond motifs is 1. The molecule has 0 fully saturated rings. The zero-order valence-corrected chi connectivity index (χ0v) is 22.1. The molecule has 9 heteroatoms. The van der Waals surface area contributed by atoms with Crippen molar-refractivity contribution in [2.45, 2.75) is 13.0 Å². The molecule has 0 spiro atoms. The molecule has 0 unspecified atom stereocenters. The number of ether oxygens (including phenoxy) is 3. The maximum atomic E-state index is 13.9. The van der Waals surface area contributed by atoms with Crippen molar-refractivity contribution in [3.63, 3.8) is 0 Å². The minimum absolute atomic E-state index is 0.210. The highest BCUT2D eigenvalue weighted by Gasteiger charge is 2.35.